The molecule has 3 saturated carbocycles. The van der Waals surface area contributed by atoms with Crippen molar-refractivity contribution in [2.45, 2.75) is 95.9 Å². The van der Waals surface area contributed by atoms with Crippen LogP contribution in [-0.4, -0.2) is 44.4 Å². The van der Waals surface area contributed by atoms with Gasteiger partial charge in [-0.05, 0) is 69.5 Å². The van der Waals surface area contributed by atoms with Crippen LogP contribution in [-0.2, 0) is 6.67 Å². The molecule has 3 aliphatic carbocycles. The van der Waals surface area contributed by atoms with Gasteiger partial charge in [0.1, 0.15) is 0 Å². The molecular formula is C20H33N5S. The fraction of sp³-hybridized carbons (Fsp3) is 0.900. The van der Waals surface area contributed by atoms with Crippen LogP contribution in [0.1, 0.15) is 77.2 Å². The first-order valence-electron chi connectivity index (χ1n) is 10.9. The third-order valence-electron chi connectivity index (χ3n) is 6.94. The minimum atomic E-state index is 0.603. The molecule has 26 heavy (non-hydrogen) atoms. The summed E-state index contributed by atoms with van der Waals surface area (Å²) in [6, 6.07) is 2.14. The zero-order valence-electron chi connectivity index (χ0n) is 16.1. The number of aromatic nitrogens is 3. The second-order valence-electron chi connectivity index (χ2n) is 9.18. The lowest BCUT2D eigenvalue weighted by Gasteiger charge is -2.31. The lowest BCUT2D eigenvalue weighted by Crippen LogP contribution is -2.37. The summed E-state index contributed by atoms with van der Waals surface area (Å²) in [5, 5.41) is 5.10. The number of nitrogens with zero attached hydrogens (tertiary/aromatic N) is 5. The second kappa shape index (κ2) is 6.93. The molecule has 144 valence electrons. The maximum atomic E-state index is 5.93. The average molecular weight is 376 g/mol. The molecular weight excluding hydrogens is 342 g/mol. The largest absolute Gasteiger partial charge is 0.341 e. The normalized spacial score (nSPS) is 25.5. The van der Waals surface area contributed by atoms with Gasteiger partial charge in [-0.3, -0.25) is 9.47 Å². The SMILES string of the molecule is CC1CCN(c2nn(CN(C3CCCC3)C3CC3)c(=S)n2C2CC2)CC1. The van der Waals surface area contributed by atoms with Gasteiger partial charge in [0.05, 0.1) is 6.67 Å². The van der Waals surface area contributed by atoms with Gasteiger partial charge in [0.25, 0.3) is 0 Å². The molecule has 0 unspecified atom stereocenters. The topological polar surface area (TPSA) is 29.2 Å². The highest BCUT2D eigenvalue weighted by molar-refractivity contribution is 7.71. The van der Waals surface area contributed by atoms with Crippen LogP contribution in [0.25, 0.3) is 0 Å². The van der Waals surface area contributed by atoms with Crippen molar-refractivity contribution in [1.82, 2.24) is 19.2 Å². The van der Waals surface area contributed by atoms with Crippen LogP contribution < -0.4 is 4.90 Å². The molecule has 4 aliphatic rings. The molecule has 5 nitrogen and oxygen atoms in total. The fourth-order valence-corrected chi connectivity index (χ4v) is 5.23. The van der Waals surface area contributed by atoms with Crippen molar-refractivity contribution in [3.05, 3.63) is 4.77 Å². The average Bonchev–Trinajstić information content (AvgIpc) is 3.57. The van der Waals surface area contributed by atoms with Crippen molar-refractivity contribution in [3.63, 3.8) is 0 Å². The predicted octanol–water partition coefficient (Wildman–Crippen LogP) is 4.35. The smallest absolute Gasteiger partial charge is 0.226 e. The van der Waals surface area contributed by atoms with E-state index in [4.69, 9.17) is 17.3 Å². The monoisotopic (exact) mass is 375 g/mol. The third-order valence-corrected chi connectivity index (χ3v) is 7.35. The Morgan fingerprint density at radius 1 is 0.962 bits per heavy atom. The number of hydrogen-bond acceptors (Lipinski definition) is 4. The van der Waals surface area contributed by atoms with Gasteiger partial charge >= 0.3 is 0 Å². The molecule has 5 rings (SSSR count). The van der Waals surface area contributed by atoms with Crippen molar-refractivity contribution >= 4 is 18.2 Å². The van der Waals surface area contributed by atoms with Gasteiger partial charge in [0.15, 0.2) is 0 Å². The van der Waals surface area contributed by atoms with Gasteiger partial charge in [-0.2, -0.15) is 0 Å². The second-order valence-corrected chi connectivity index (χ2v) is 9.54. The summed E-state index contributed by atoms with van der Waals surface area (Å²) >= 11 is 5.93. The molecule has 1 aliphatic heterocycles. The third kappa shape index (κ3) is 3.35. The summed E-state index contributed by atoms with van der Waals surface area (Å²) in [5.41, 5.74) is 0. The van der Waals surface area contributed by atoms with Crippen LogP contribution in [0.15, 0.2) is 0 Å². The van der Waals surface area contributed by atoms with Gasteiger partial charge in [0.2, 0.25) is 10.7 Å². The molecule has 1 saturated heterocycles. The minimum Gasteiger partial charge on any atom is -0.341 e. The summed E-state index contributed by atoms with van der Waals surface area (Å²) in [6.45, 7) is 5.55. The van der Waals surface area contributed by atoms with Gasteiger partial charge in [0, 0.05) is 31.2 Å². The van der Waals surface area contributed by atoms with E-state index in [1.807, 2.05) is 0 Å². The Kier molecular flexibility index (Phi) is 4.60. The van der Waals surface area contributed by atoms with Crippen LogP contribution in [0.4, 0.5) is 5.95 Å². The highest BCUT2D eigenvalue weighted by Crippen LogP contribution is 2.40. The summed E-state index contributed by atoms with van der Waals surface area (Å²) in [4.78, 5) is 5.23. The molecule has 0 bridgehead atoms. The van der Waals surface area contributed by atoms with Gasteiger partial charge in [-0.1, -0.05) is 19.8 Å². The molecule has 1 aromatic rings. The van der Waals surface area contributed by atoms with E-state index in [1.54, 1.807) is 0 Å². The zero-order valence-corrected chi connectivity index (χ0v) is 17.0. The molecule has 0 aromatic carbocycles. The van der Waals surface area contributed by atoms with Crippen LogP contribution in [0.2, 0.25) is 0 Å². The molecule has 6 heteroatoms. The van der Waals surface area contributed by atoms with E-state index in [2.05, 4.69) is 26.0 Å². The van der Waals surface area contributed by atoms with Gasteiger partial charge in [-0.25, -0.2) is 4.68 Å². The molecule has 0 atom stereocenters. The maximum Gasteiger partial charge on any atom is 0.226 e. The van der Waals surface area contributed by atoms with Gasteiger partial charge < -0.3 is 4.90 Å². The Balaban J connectivity index is 1.41. The van der Waals surface area contributed by atoms with Crippen LogP contribution in [0.3, 0.4) is 0 Å². The summed E-state index contributed by atoms with van der Waals surface area (Å²) < 4.78 is 5.52. The Bertz CT molecular complexity index is 688. The van der Waals surface area contributed by atoms with E-state index >= 15 is 0 Å². The van der Waals surface area contributed by atoms with Crippen molar-refractivity contribution in [1.29, 1.82) is 0 Å². The number of rotatable bonds is 6. The van der Waals surface area contributed by atoms with Crippen molar-refractivity contribution in [3.8, 4) is 0 Å². The number of anilines is 1. The van der Waals surface area contributed by atoms with Crippen molar-refractivity contribution in [2.24, 2.45) is 5.92 Å². The number of piperidine rings is 1. The highest BCUT2D eigenvalue weighted by Gasteiger charge is 2.37. The maximum absolute atomic E-state index is 5.93. The van der Waals surface area contributed by atoms with Crippen LogP contribution >= 0.6 is 12.2 Å². The molecule has 0 radical (unpaired) electrons. The highest BCUT2D eigenvalue weighted by atomic mass is 32.1. The lowest BCUT2D eigenvalue weighted by molar-refractivity contribution is 0.134. The molecule has 0 N–H and O–H groups in total. The Hall–Kier alpha value is -0.880. The van der Waals surface area contributed by atoms with E-state index < -0.39 is 0 Å². The van der Waals surface area contributed by atoms with E-state index in [0.717, 1.165) is 48.5 Å². The molecule has 0 spiro atoms. The quantitative estimate of drug-likeness (QED) is 0.691. The minimum absolute atomic E-state index is 0.603. The Morgan fingerprint density at radius 2 is 1.62 bits per heavy atom. The van der Waals surface area contributed by atoms with E-state index in [0.29, 0.717) is 6.04 Å². The molecule has 1 aromatic heterocycles. The predicted molar refractivity (Wildman–Crippen MR) is 107 cm³/mol. The van der Waals surface area contributed by atoms with Crippen molar-refractivity contribution < 1.29 is 0 Å². The van der Waals surface area contributed by atoms with Gasteiger partial charge in [-0.15, -0.1) is 5.10 Å². The lowest BCUT2D eigenvalue weighted by atomic mass is 10.00. The van der Waals surface area contributed by atoms with E-state index in [1.165, 1.54) is 64.2 Å². The summed E-state index contributed by atoms with van der Waals surface area (Å²) in [6.07, 6.45) is 13.3. The first-order chi connectivity index (χ1) is 12.7. The summed E-state index contributed by atoms with van der Waals surface area (Å²) in [5.74, 6) is 2.00. The Morgan fingerprint density at radius 3 is 2.23 bits per heavy atom. The Labute approximate surface area is 162 Å². The number of hydrogen-bond donors (Lipinski definition) is 0. The van der Waals surface area contributed by atoms with E-state index in [-0.39, 0.29) is 0 Å². The van der Waals surface area contributed by atoms with E-state index in [9.17, 15) is 0 Å². The fourth-order valence-electron chi connectivity index (χ4n) is 4.90. The first-order valence-corrected chi connectivity index (χ1v) is 11.3. The van der Waals surface area contributed by atoms with Crippen LogP contribution in [0, 0.1) is 10.7 Å². The molecule has 2 heterocycles. The molecule has 4 fully saturated rings. The summed E-state index contributed by atoms with van der Waals surface area (Å²) in [7, 11) is 0. The van der Waals surface area contributed by atoms with Crippen LogP contribution in [0.5, 0.6) is 0 Å². The zero-order chi connectivity index (χ0) is 17.7. The molecule has 0 amide bonds. The van der Waals surface area contributed by atoms with Crippen molar-refractivity contribution in [2.75, 3.05) is 18.0 Å². The standard InChI is InChI=1S/C20H33N5S/c1-15-10-12-22(13-11-15)19-21-24(20(26)25(19)18-8-9-18)14-23(17-6-7-17)16-4-2-3-5-16/h15-18H,2-14H2,1H3. The first kappa shape index (κ1) is 17.2.